The first-order chi connectivity index (χ1) is 16.1. The number of rotatable bonds is 10. The minimum Gasteiger partial charge on any atom is -0.501 e. The Balaban J connectivity index is 0.00000242. The molecule has 0 saturated carbocycles. The molecule has 180 valence electrons. The maximum atomic E-state index is 13.0. The molecule has 2 aromatic carbocycles. The van der Waals surface area contributed by atoms with Crippen LogP contribution in [0.3, 0.4) is 0 Å². The largest absolute Gasteiger partial charge is 0.501 e. The molecule has 0 amide bonds. The third-order valence-corrected chi connectivity index (χ3v) is 4.03. The van der Waals surface area contributed by atoms with Crippen LogP contribution in [-0.4, -0.2) is 19.4 Å². The van der Waals surface area contributed by atoms with Gasteiger partial charge in [0.25, 0.3) is 0 Å². The molecule has 0 aliphatic heterocycles. The zero-order valence-corrected chi connectivity index (χ0v) is 21.1. The highest BCUT2D eigenvalue weighted by atomic mass is 19.1. The smallest absolute Gasteiger partial charge is 0.123 e. The third-order valence-electron chi connectivity index (χ3n) is 4.03. The lowest BCUT2D eigenvalue weighted by molar-refractivity contribution is 0.206. The Bertz CT molecular complexity index is 871. The van der Waals surface area contributed by atoms with Gasteiger partial charge in [0.2, 0.25) is 0 Å². The molecule has 0 aliphatic rings. The van der Waals surface area contributed by atoms with Crippen LogP contribution < -0.4 is 5.43 Å². The molecule has 33 heavy (non-hydrogen) atoms. The molecule has 1 N–H and O–H groups in total. The van der Waals surface area contributed by atoms with E-state index in [4.69, 9.17) is 9.47 Å². The highest BCUT2D eigenvalue weighted by Gasteiger charge is 1.98. The fraction of sp³-hybridized carbons (Fsp3) is 0.321. The van der Waals surface area contributed by atoms with Gasteiger partial charge in [-0.15, -0.1) is 0 Å². The predicted molar refractivity (Wildman–Crippen MR) is 139 cm³/mol. The van der Waals surface area contributed by atoms with Crippen molar-refractivity contribution >= 4 is 5.71 Å². The Morgan fingerprint density at radius 2 is 1.61 bits per heavy atom. The molecule has 0 aromatic heterocycles. The van der Waals surface area contributed by atoms with Gasteiger partial charge in [-0.05, 0) is 43.2 Å². The number of methoxy groups -OCH3 is 1. The van der Waals surface area contributed by atoms with Gasteiger partial charge in [-0.3, -0.25) is 0 Å². The SMILES string of the molecule is CC.CC.CO/C(C)=C/C(=C\C=C\CN/N=C(\C)c1ccc(F)cc1)OCc1ccccc1. The first-order valence-electron chi connectivity index (χ1n) is 11.4. The second-order valence-electron chi connectivity index (χ2n) is 6.30. The second kappa shape index (κ2) is 19.4. The quantitative estimate of drug-likeness (QED) is 0.134. The van der Waals surface area contributed by atoms with E-state index in [1.54, 1.807) is 19.2 Å². The molecule has 5 heteroatoms. The standard InChI is InChI=1S/C24H27FN2O2.2C2H6/c1-19(28-3)17-24(29-18-21-9-5-4-6-10-21)11-7-8-16-26-27-20(2)22-12-14-23(25)15-13-22;2*1-2/h4-15,17,26H,16,18H2,1-3H3;2*1-2H3/b8-7+,19-17+,24-11+,27-20+;;. The molecular formula is C28H39FN2O2. The summed E-state index contributed by atoms with van der Waals surface area (Å²) in [6, 6.07) is 16.2. The molecule has 0 saturated heterocycles. The molecule has 0 atom stereocenters. The highest BCUT2D eigenvalue weighted by Crippen LogP contribution is 2.10. The Labute approximate surface area is 199 Å². The van der Waals surface area contributed by atoms with Crippen molar-refractivity contribution in [1.82, 2.24) is 5.43 Å². The average Bonchev–Trinajstić information content (AvgIpc) is 2.87. The summed E-state index contributed by atoms with van der Waals surface area (Å²) in [5.41, 5.74) is 5.74. The maximum absolute atomic E-state index is 13.0. The Morgan fingerprint density at radius 3 is 2.21 bits per heavy atom. The van der Waals surface area contributed by atoms with Crippen LogP contribution >= 0.6 is 0 Å². The number of halogens is 1. The fourth-order valence-electron chi connectivity index (χ4n) is 2.34. The van der Waals surface area contributed by atoms with Crippen molar-refractivity contribution in [2.45, 2.75) is 48.1 Å². The van der Waals surface area contributed by atoms with Crippen molar-refractivity contribution in [1.29, 1.82) is 0 Å². The molecule has 0 unspecified atom stereocenters. The van der Waals surface area contributed by atoms with Gasteiger partial charge in [0, 0.05) is 6.08 Å². The topological polar surface area (TPSA) is 42.8 Å². The predicted octanol–water partition coefficient (Wildman–Crippen LogP) is 7.40. The molecule has 2 aromatic rings. The van der Waals surface area contributed by atoms with Gasteiger partial charge in [-0.1, -0.05) is 82.3 Å². The van der Waals surface area contributed by atoms with E-state index in [1.165, 1.54) is 12.1 Å². The summed E-state index contributed by atoms with van der Waals surface area (Å²) < 4.78 is 24.1. The molecule has 2 rings (SSSR count). The summed E-state index contributed by atoms with van der Waals surface area (Å²) in [6.45, 7) is 12.8. The van der Waals surface area contributed by atoms with E-state index in [1.807, 2.05) is 96.2 Å². The number of allylic oxidation sites excluding steroid dienone is 4. The zero-order valence-electron chi connectivity index (χ0n) is 21.1. The van der Waals surface area contributed by atoms with Crippen LogP contribution in [0.2, 0.25) is 0 Å². The van der Waals surface area contributed by atoms with Gasteiger partial charge >= 0.3 is 0 Å². The van der Waals surface area contributed by atoms with E-state index in [-0.39, 0.29) is 5.82 Å². The van der Waals surface area contributed by atoms with Crippen molar-refractivity contribution in [2.24, 2.45) is 5.10 Å². The third kappa shape index (κ3) is 13.6. The van der Waals surface area contributed by atoms with Gasteiger partial charge < -0.3 is 14.9 Å². The summed E-state index contributed by atoms with van der Waals surface area (Å²) in [6.07, 6.45) is 7.56. The lowest BCUT2D eigenvalue weighted by Crippen LogP contribution is -2.09. The molecule has 0 bridgehead atoms. The van der Waals surface area contributed by atoms with E-state index in [0.717, 1.165) is 22.6 Å². The van der Waals surface area contributed by atoms with Gasteiger partial charge in [-0.2, -0.15) is 5.10 Å². The lowest BCUT2D eigenvalue weighted by atomic mass is 10.1. The van der Waals surface area contributed by atoms with Crippen LogP contribution in [-0.2, 0) is 16.1 Å². The summed E-state index contributed by atoms with van der Waals surface area (Å²) in [7, 11) is 1.63. The minimum absolute atomic E-state index is 0.257. The van der Waals surface area contributed by atoms with E-state index in [2.05, 4.69) is 10.5 Å². The normalized spacial score (nSPS) is 11.7. The van der Waals surface area contributed by atoms with Gasteiger partial charge in [-0.25, -0.2) is 4.39 Å². The molecule has 4 nitrogen and oxygen atoms in total. The number of hydrazone groups is 1. The number of nitrogens with one attached hydrogen (secondary N) is 1. The number of hydrogen-bond acceptors (Lipinski definition) is 4. The first-order valence-corrected chi connectivity index (χ1v) is 11.4. The van der Waals surface area contributed by atoms with Crippen LogP contribution in [0, 0.1) is 5.82 Å². The van der Waals surface area contributed by atoms with Crippen molar-refractivity contribution in [3.05, 3.63) is 107 Å². The molecule has 0 fully saturated rings. The van der Waals surface area contributed by atoms with Crippen molar-refractivity contribution in [3.8, 4) is 0 Å². The van der Waals surface area contributed by atoms with Crippen molar-refractivity contribution in [3.63, 3.8) is 0 Å². The van der Waals surface area contributed by atoms with Crippen LogP contribution in [0.15, 0.2) is 95.5 Å². The lowest BCUT2D eigenvalue weighted by Gasteiger charge is -2.08. The Hall–Kier alpha value is -3.34. The summed E-state index contributed by atoms with van der Waals surface area (Å²) in [4.78, 5) is 0. The molecule has 0 aliphatic carbocycles. The van der Waals surface area contributed by atoms with E-state index in [0.29, 0.717) is 18.9 Å². The summed E-state index contributed by atoms with van der Waals surface area (Å²) >= 11 is 0. The van der Waals surface area contributed by atoms with Gasteiger partial charge in [0.05, 0.1) is 25.1 Å². The minimum atomic E-state index is -0.257. The summed E-state index contributed by atoms with van der Waals surface area (Å²) in [5, 5.41) is 4.29. The van der Waals surface area contributed by atoms with Crippen LogP contribution in [0.1, 0.15) is 52.7 Å². The van der Waals surface area contributed by atoms with E-state index in [9.17, 15) is 4.39 Å². The zero-order chi connectivity index (χ0) is 24.9. The van der Waals surface area contributed by atoms with Crippen molar-refractivity contribution in [2.75, 3.05) is 13.7 Å². The maximum Gasteiger partial charge on any atom is 0.123 e. The van der Waals surface area contributed by atoms with E-state index >= 15 is 0 Å². The van der Waals surface area contributed by atoms with Gasteiger partial charge in [0.15, 0.2) is 0 Å². The fourth-order valence-corrected chi connectivity index (χ4v) is 2.34. The Morgan fingerprint density at radius 1 is 0.970 bits per heavy atom. The average molecular weight is 455 g/mol. The highest BCUT2D eigenvalue weighted by molar-refractivity contribution is 5.98. The van der Waals surface area contributed by atoms with Crippen LogP contribution in [0.4, 0.5) is 4.39 Å². The molecule has 0 heterocycles. The monoisotopic (exact) mass is 454 g/mol. The number of nitrogens with zero attached hydrogens (tertiary/aromatic N) is 1. The molecular weight excluding hydrogens is 415 g/mol. The number of ether oxygens (including phenoxy) is 2. The second-order valence-corrected chi connectivity index (χ2v) is 6.30. The Kier molecular flexibility index (Phi) is 17.4. The van der Waals surface area contributed by atoms with Crippen molar-refractivity contribution < 1.29 is 13.9 Å². The first kappa shape index (κ1) is 29.7. The van der Waals surface area contributed by atoms with Crippen LogP contribution in [0.25, 0.3) is 0 Å². The molecule has 0 spiro atoms. The number of benzene rings is 2. The van der Waals surface area contributed by atoms with E-state index < -0.39 is 0 Å². The summed E-state index contributed by atoms with van der Waals surface area (Å²) in [5.74, 6) is 1.21. The number of hydrogen-bond donors (Lipinski definition) is 1. The molecule has 0 radical (unpaired) electrons. The van der Waals surface area contributed by atoms with Crippen LogP contribution in [0.5, 0.6) is 0 Å². The van der Waals surface area contributed by atoms with Gasteiger partial charge in [0.1, 0.15) is 18.2 Å².